The molecule has 5 nitrogen and oxygen atoms in total. The fraction of sp³-hybridized carbons (Fsp3) is 0. The molecule has 0 unspecified atom stereocenters. The van der Waals surface area contributed by atoms with E-state index < -0.39 is 0 Å². The molecule has 0 aromatic heterocycles. The van der Waals surface area contributed by atoms with Crippen molar-refractivity contribution in [1.29, 1.82) is 21.0 Å². The first-order valence-electron chi connectivity index (χ1n) is 0.894. The summed E-state index contributed by atoms with van der Waals surface area (Å²) >= 11 is 0. The number of rotatable bonds is 0. The molecule has 0 saturated carbocycles. The molecule has 0 atom stereocenters. The molecule has 0 aromatic carbocycles. The van der Waals surface area contributed by atoms with Gasteiger partial charge in [-0.25, -0.2) is 0 Å². The Balaban J connectivity index is -0.0000000145. The standard InChI is InChI=1S/4CH3BN.N.Na/c4*2-1-3;;/h4*2H3;;/q4*-1;+3;+1. The van der Waals surface area contributed by atoms with Crippen LogP contribution in [-0.4, -0.2) is 31.4 Å². The predicted molar refractivity (Wildman–Crippen MR) is 64.3 cm³/mol. The molecule has 0 aliphatic carbocycles. The zero-order valence-corrected chi connectivity index (χ0v) is 7.24. The van der Waals surface area contributed by atoms with Crippen molar-refractivity contribution in [3.63, 3.8) is 0 Å². The van der Waals surface area contributed by atoms with Gasteiger partial charge in [-0.15, -0.1) is 0 Å². The van der Waals surface area contributed by atoms with Gasteiger partial charge in [0.05, 0.1) is 31.4 Å². The first-order valence-corrected chi connectivity index (χ1v) is 0.894. The quantitative estimate of drug-likeness (QED) is 0.357. The van der Waals surface area contributed by atoms with Crippen LogP contribution < -0.4 is 35.7 Å². The largest absolute Gasteiger partial charge is 3.00 e. The third-order valence-electron chi connectivity index (χ3n) is 0. The molecule has 0 heterocycles. The number of hydrogen-bond donors (Lipinski definition) is 0. The van der Waals surface area contributed by atoms with Gasteiger partial charge in [-0.1, -0.05) is 0 Å². The van der Waals surface area contributed by atoms with Crippen LogP contribution in [0.5, 0.6) is 0 Å². The van der Waals surface area contributed by atoms with Crippen molar-refractivity contribution in [2.75, 3.05) is 0 Å². The summed E-state index contributed by atoms with van der Waals surface area (Å²) in [6.45, 7) is 0. The van der Waals surface area contributed by atoms with Gasteiger partial charge in [0.15, 0.2) is 0 Å². The van der Waals surface area contributed by atoms with Crippen LogP contribution in [0.4, 0.5) is 0 Å². The minimum atomic E-state index is 0. The van der Waals surface area contributed by atoms with Crippen molar-refractivity contribution in [1.82, 2.24) is 6.15 Å². The van der Waals surface area contributed by atoms with Gasteiger partial charge in [-0.2, -0.15) is 23.9 Å². The summed E-state index contributed by atoms with van der Waals surface area (Å²) in [5, 5.41) is 29.7. The minimum absolute atomic E-state index is 0. The Hall–Kier alpha value is -1.07. The second-order valence-electron chi connectivity index (χ2n) is 0. The van der Waals surface area contributed by atoms with Crippen LogP contribution in [0.15, 0.2) is 0 Å². The van der Waals surface area contributed by atoms with Gasteiger partial charge in [-0.3, -0.25) is 21.0 Å². The molecular weight excluding hydrogens is 184 g/mol. The summed E-state index contributed by atoms with van der Waals surface area (Å²) in [5.41, 5.74) is 0. The molecule has 2 radical (unpaired) electrons. The Labute approximate surface area is 112 Å². The number of nitriles is 4. The van der Waals surface area contributed by atoms with E-state index in [1.807, 2.05) is 23.9 Å². The van der Waals surface area contributed by atoms with E-state index in [2.05, 4.69) is 0 Å². The maximum Gasteiger partial charge on any atom is 3.00 e. The van der Waals surface area contributed by atoms with Gasteiger partial charge in [0.2, 0.25) is 0 Å². The molecule has 0 N–H and O–H groups in total. The normalized spacial score (nSPS) is 2.29. The van der Waals surface area contributed by atoms with Crippen molar-refractivity contribution in [3.05, 3.63) is 0 Å². The second-order valence-corrected chi connectivity index (χ2v) is 0. The monoisotopic (exact) mass is 197 g/mol. The van der Waals surface area contributed by atoms with Crippen molar-refractivity contribution >= 4 is 31.4 Å². The molecule has 0 aromatic rings. The molecule has 0 saturated heterocycles. The molecule has 0 aliphatic rings. The Kier molecular flexibility index (Phi) is 454. The van der Waals surface area contributed by atoms with Crippen LogP contribution in [0.25, 0.3) is 0 Å². The molecule has 0 rings (SSSR count). The van der Waals surface area contributed by atoms with Gasteiger partial charge in [0, 0.05) is 0 Å². The van der Waals surface area contributed by atoms with E-state index in [1.165, 1.54) is 0 Å². The summed E-state index contributed by atoms with van der Waals surface area (Å²) < 4.78 is 0. The zero-order chi connectivity index (χ0) is 10.8. The maximum absolute atomic E-state index is 7.43. The van der Waals surface area contributed by atoms with Crippen LogP contribution >= 0.6 is 0 Å². The molecule has 0 bridgehead atoms. The predicted octanol–water partition coefficient (Wildman–Crippen LogP) is -8.15. The summed E-state index contributed by atoms with van der Waals surface area (Å²) in [6.07, 6.45) is 0. The number of hydrogen-bond acceptors (Lipinski definition) is 4. The maximum atomic E-state index is 7.43. The second kappa shape index (κ2) is 166. The van der Waals surface area contributed by atoms with Crippen molar-refractivity contribution < 1.29 is 29.6 Å². The Morgan fingerprint density at radius 2 is 0.571 bits per heavy atom. The van der Waals surface area contributed by atoms with Crippen LogP contribution in [0, 0.1) is 44.9 Å². The SMILES string of the molecule is [BH3-]C#N.[BH3-]C#N.[BH3-]C#N.[BH3-]C#N.[N+3].[Na+]. The van der Waals surface area contributed by atoms with Crippen LogP contribution in [-0.2, 0) is 0 Å². The fourth-order valence-electron chi connectivity index (χ4n) is 0. The molecule has 0 aliphatic heterocycles. The minimum Gasteiger partial charge on any atom is -0.251 e. The van der Waals surface area contributed by atoms with E-state index in [0.29, 0.717) is 0 Å². The zero-order valence-electron chi connectivity index (χ0n) is 5.24. The molecule has 14 heavy (non-hydrogen) atoms. The third kappa shape index (κ3) is 941. The third-order valence-corrected chi connectivity index (χ3v) is 0. The Bertz CT molecular complexity index is 160. The van der Waals surface area contributed by atoms with Gasteiger partial charge in [0.25, 0.3) is 0 Å². The van der Waals surface area contributed by atoms with E-state index in [-0.39, 0.29) is 67.1 Å². The molecule has 0 spiro atoms. The molecule has 10 heteroatoms. The summed E-state index contributed by atoms with van der Waals surface area (Å²) in [4.78, 5) is 0. The van der Waals surface area contributed by atoms with Crippen molar-refractivity contribution in [2.24, 2.45) is 0 Å². The Morgan fingerprint density at radius 3 is 0.571 bits per heavy atom. The Morgan fingerprint density at radius 1 is 0.571 bits per heavy atom. The van der Waals surface area contributed by atoms with Gasteiger partial charge in [-0.05, 0) is 0 Å². The summed E-state index contributed by atoms with van der Waals surface area (Å²) in [7, 11) is 0.278. The van der Waals surface area contributed by atoms with Gasteiger partial charge in [0.1, 0.15) is 0 Å². The first kappa shape index (κ1) is 38.3. The summed E-state index contributed by atoms with van der Waals surface area (Å²) in [5.74, 6) is 8.00. The average molecular weight is 196 g/mol. The molecular formula is C4H12B4N5Na. The topological polar surface area (TPSA) is 126 Å². The van der Waals surface area contributed by atoms with E-state index in [0.717, 1.165) is 0 Å². The molecule has 0 amide bonds. The van der Waals surface area contributed by atoms with E-state index in [9.17, 15) is 0 Å². The average Bonchev–Trinajstić information content (AvgIpc) is 1.92. The van der Waals surface area contributed by atoms with Crippen molar-refractivity contribution in [3.8, 4) is 23.9 Å². The van der Waals surface area contributed by atoms with Gasteiger partial charge >= 0.3 is 35.7 Å². The van der Waals surface area contributed by atoms with Crippen LogP contribution in [0.3, 0.4) is 0 Å². The smallest absolute Gasteiger partial charge is 0.251 e. The van der Waals surface area contributed by atoms with E-state index in [1.54, 1.807) is 0 Å². The molecule has 66 valence electrons. The molecule has 0 fully saturated rings. The van der Waals surface area contributed by atoms with E-state index in [4.69, 9.17) is 21.0 Å². The van der Waals surface area contributed by atoms with E-state index >= 15 is 0 Å². The first-order chi connectivity index (χ1) is 5.66. The number of nitrogens with zero attached hydrogens (tertiary/aromatic N) is 5. The van der Waals surface area contributed by atoms with Crippen LogP contribution in [0.2, 0.25) is 0 Å². The van der Waals surface area contributed by atoms with Gasteiger partial charge < -0.3 is 0 Å². The van der Waals surface area contributed by atoms with Crippen LogP contribution in [0.1, 0.15) is 0 Å². The fourth-order valence-corrected chi connectivity index (χ4v) is 0. The summed E-state index contributed by atoms with van der Waals surface area (Å²) in [6, 6.07) is 0. The van der Waals surface area contributed by atoms with Crippen molar-refractivity contribution in [2.45, 2.75) is 0 Å².